The maximum Gasteiger partial charge on any atom is 0.310 e. The molecule has 1 unspecified atom stereocenters. The molecule has 1 aromatic heterocycles. The number of hydrogen-bond donors (Lipinski definition) is 0. The highest BCUT2D eigenvalue weighted by atomic mass is 16.5. The Bertz CT molecular complexity index is 450. The second-order valence-corrected chi connectivity index (χ2v) is 4.76. The Hall–Kier alpha value is -1.95. The summed E-state index contributed by atoms with van der Waals surface area (Å²) in [4.78, 5) is 29.6. The summed E-state index contributed by atoms with van der Waals surface area (Å²) < 4.78 is 9.72. The Morgan fingerprint density at radius 2 is 2.14 bits per heavy atom. The van der Waals surface area contributed by atoms with Crippen LogP contribution < -0.4 is 0 Å². The largest absolute Gasteiger partial charge is 0.469 e. The summed E-state index contributed by atoms with van der Waals surface area (Å²) in [6.45, 7) is 3.13. The van der Waals surface area contributed by atoms with Crippen LogP contribution in [0.25, 0.3) is 0 Å². The van der Waals surface area contributed by atoms with E-state index in [9.17, 15) is 9.59 Å². The van der Waals surface area contributed by atoms with Crippen LogP contribution in [0.15, 0.2) is 24.5 Å². The Morgan fingerprint density at radius 1 is 1.38 bits per heavy atom. The summed E-state index contributed by atoms with van der Waals surface area (Å²) in [7, 11) is 2.96. The number of aromatic nitrogens is 1. The Kier molecular flexibility index (Phi) is 7.39. The van der Waals surface area contributed by atoms with E-state index < -0.39 is 0 Å². The zero-order valence-electron chi connectivity index (χ0n) is 12.7. The minimum atomic E-state index is -0.377. The van der Waals surface area contributed by atoms with Gasteiger partial charge in [-0.05, 0) is 18.6 Å². The van der Waals surface area contributed by atoms with Crippen molar-refractivity contribution in [3.8, 4) is 0 Å². The number of methoxy groups -OCH3 is 2. The maximum atomic E-state index is 12.5. The maximum absolute atomic E-state index is 12.5. The lowest BCUT2D eigenvalue weighted by Crippen LogP contribution is -2.38. The van der Waals surface area contributed by atoms with Crippen molar-refractivity contribution in [1.82, 2.24) is 9.88 Å². The van der Waals surface area contributed by atoms with E-state index in [4.69, 9.17) is 9.47 Å². The molecule has 0 fully saturated rings. The van der Waals surface area contributed by atoms with Crippen LogP contribution in [0, 0.1) is 5.92 Å². The topological polar surface area (TPSA) is 68.7 Å². The van der Waals surface area contributed by atoms with Gasteiger partial charge in [0.25, 0.3) is 5.91 Å². The number of pyridine rings is 1. The summed E-state index contributed by atoms with van der Waals surface area (Å²) in [5, 5.41) is 0. The molecule has 1 amide bonds. The molecule has 116 valence electrons. The molecule has 0 spiro atoms. The van der Waals surface area contributed by atoms with Crippen molar-refractivity contribution in [3.63, 3.8) is 0 Å². The van der Waals surface area contributed by atoms with Crippen molar-refractivity contribution < 1.29 is 19.1 Å². The summed E-state index contributed by atoms with van der Waals surface area (Å²) in [6.07, 6.45) is 3.84. The van der Waals surface area contributed by atoms with Gasteiger partial charge in [-0.2, -0.15) is 0 Å². The summed E-state index contributed by atoms with van der Waals surface area (Å²) in [5.41, 5.74) is 0.506. The van der Waals surface area contributed by atoms with E-state index in [0.717, 1.165) is 0 Å². The molecule has 21 heavy (non-hydrogen) atoms. The third-order valence-corrected chi connectivity index (χ3v) is 3.07. The average Bonchev–Trinajstić information content (AvgIpc) is 2.53. The molecule has 0 saturated carbocycles. The first-order chi connectivity index (χ1) is 10.1. The van der Waals surface area contributed by atoms with Crippen LogP contribution in [0.3, 0.4) is 0 Å². The fourth-order valence-corrected chi connectivity index (χ4v) is 1.95. The van der Waals surface area contributed by atoms with Gasteiger partial charge < -0.3 is 14.4 Å². The number of ether oxygens (including phenoxy) is 2. The number of amides is 1. The second-order valence-electron chi connectivity index (χ2n) is 4.76. The fraction of sp³-hybridized carbons (Fsp3) is 0.533. The van der Waals surface area contributed by atoms with Crippen LogP contribution in [-0.2, 0) is 14.3 Å². The Balaban J connectivity index is 2.76. The standard InChI is InChI=1S/C15H22N2O4/c1-12(15(19)21-3)11-17(8-5-9-20-2)14(18)13-6-4-7-16-10-13/h4,6-7,10,12H,5,8-9,11H2,1-3H3. The molecule has 0 saturated heterocycles. The molecule has 0 aliphatic carbocycles. The van der Waals surface area contributed by atoms with Crippen molar-refractivity contribution in [3.05, 3.63) is 30.1 Å². The lowest BCUT2D eigenvalue weighted by Gasteiger charge is -2.25. The van der Waals surface area contributed by atoms with Crippen LogP contribution in [0.2, 0.25) is 0 Å². The smallest absolute Gasteiger partial charge is 0.310 e. The summed E-state index contributed by atoms with van der Waals surface area (Å²) >= 11 is 0. The highest BCUT2D eigenvalue weighted by Gasteiger charge is 2.22. The van der Waals surface area contributed by atoms with E-state index in [1.54, 1.807) is 37.3 Å². The average molecular weight is 294 g/mol. The third kappa shape index (κ3) is 5.51. The van der Waals surface area contributed by atoms with Gasteiger partial charge in [0.15, 0.2) is 0 Å². The molecule has 1 rings (SSSR count). The quantitative estimate of drug-likeness (QED) is 0.535. The Labute approximate surface area is 125 Å². The molecule has 6 nitrogen and oxygen atoms in total. The lowest BCUT2D eigenvalue weighted by atomic mass is 10.1. The molecule has 0 bridgehead atoms. The van der Waals surface area contributed by atoms with E-state index in [0.29, 0.717) is 31.7 Å². The van der Waals surface area contributed by atoms with Gasteiger partial charge >= 0.3 is 5.97 Å². The van der Waals surface area contributed by atoms with Crippen molar-refractivity contribution in [2.24, 2.45) is 5.92 Å². The van der Waals surface area contributed by atoms with Gasteiger partial charge in [0.05, 0.1) is 18.6 Å². The van der Waals surface area contributed by atoms with Crippen molar-refractivity contribution >= 4 is 11.9 Å². The number of esters is 1. The van der Waals surface area contributed by atoms with E-state index in [2.05, 4.69) is 4.98 Å². The molecular formula is C15H22N2O4. The zero-order chi connectivity index (χ0) is 15.7. The van der Waals surface area contributed by atoms with E-state index in [1.807, 2.05) is 0 Å². The Morgan fingerprint density at radius 3 is 2.71 bits per heavy atom. The molecule has 1 atom stereocenters. The van der Waals surface area contributed by atoms with Crippen LogP contribution in [0.1, 0.15) is 23.7 Å². The number of rotatable bonds is 8. The first-order valence-corrected chi connectivity index (χ1v) is 6.86. The first kappa shape index (κ1) is 17.1. The second kappa shape index (κ2) is 9.07. The van der Waals surface area contributed by atoms with Crippen LogP contribution >= 0.6 is 0 Å². The number of nitrogens with zero attached hydrogens (tertiary/aromatic N) is 2. The van der Waals surface area contributed by atoms with Crippen LogP contribution in [0.5, 0.6) is 0 Å². The lowest BCUT2D eigenvalue weighted by molar-refractivity contribution is -0.145. The normalized spacial score (nSPS) is 11.8. The molecule has 0 N–H and O–H groups in total. The van der Waals surface area contributed by atoms with Gasteiger partial charge in [0.1, 0.15) is 0 Å². The summed E-state index contributed by atoms with van der Waals surface area (Å²) in [5.74, 6) is -0.848. The van der Waals surface area contributed by atoms with E-state index >= 15 is 0 Å². The molecule has 0 aromatic carbocycles. The molecule has 6 heteroatoms. The SMILES string of the molecule is COCCCN(CC(C)C(=O)OC)C(=O)c1cccnc1. The van der Waals surface area contributed by atoms with Crippen molar-refractivity contribution in [1.29, 1.82) is 0 Å². The number of carbonyl (C=O) groups is 2. The molecule has 1 aromatic rings. The van der Waals surface area contributed by atoms with Crippen LogP contribution in [-0.4, -0.2) is 55.7 Å². The van der Waals surface area contributed by atoms with Gasteiger partial charge in [-0.15, -0.1) is 0 Å². The fourth-order valence-electron chi connectivity index (χ4n) is 1.95. The van der Waals surface area contributed by atoms with Crippen molar-refractivity contribution in [2.75, 3.05) is 33.9 Å². The van der Waals surface area contributed by atoms with Gasteiger partial charge in [-0.1, -0.05) is 6.92 Å². The molecule has 0 aliphatic rings. The minimum Gasteiger partial charge on any atom is -0.469 e. The van der Waals surface area contributed by atoms with Gasteiger partial charge in [0, 0.05) is 39.2 Å². The predicted octanol–water partition coefficient (Wildman–Crippen LogP) is 1.37. The minimum absolute atomic E-state index is 0.144. The van der Waals surface area contributed by atoms with E-state index in [-0.39, 0.29) is 17.8 Å². The number of carbonyl (C=O) groups excluding carboxylic acids is 2. The monoisotopic (exact) mass is 294 g/mol. The predicted molar refractivity (Wildman–Crippen MR) is 77.8 cm³/mol. The third-order valence-electron chi connectivity index (χ3n) is 3.07. The van der Waals surface area contributed by atoms with Gasteiger partial charge in [-0.3, -0.25) is 14.6 Å². The summed E-state index contributed by atoms with van der Waals surface area (Å²) in [6, 6.07) is 3.42. The zero-order valence-corrected chi connectivity index (χ0v) is 12.7. The first-order valence-electron chi connectivity index (χ1n) is 6.86. The van der Waals surface area contributed by atoms with Crippen LogP contribution in [0.4, 0.5) is 0 Å². The van der Waals surface area contributed by atoms with Crippen molar-refractivity contribution in [2.45, 2.75) is 13.3 Å². The molecule has 0 radical (unpaired) electrons. The van der Waals surface area contributed by atoms with Gasteiger partial charge in [-0.25, -0.2) is 0 Å². The van der Waals surface area contributed by atoms with Gasteiger partial charge in [0.2, 0.25) is 0 Å². The molecule has 1 heterocycles. The highest BCUT2D eigenvalue weighted by molar-refractivity contribution is 5.94. The molecular weight excluding hydrogens is 272 g/mol. The molecule has 0 aliphatic heterocycles. The van der Waals surface area contributed by atoms with E-state index in [1.165, 1.54) is 13.3 Å². The number of hydrogen-bond acceptors (Lipinski definition) is 5. The highest BCUT2D eigenvalue weighted by Crippen LogP contribution is 2.09.